The minimum Gasteiger partial charge on any atom is -0.341 e. The zero-order chi connectivity index (χ0) is 16.9. The van der Waals surface area contributed by atoms with E-state index in [0.29, 0.717) is 11.4 Å². The van der Waals surface area contributed by atoms with Gasteiger partial charge < -0.3 is 4.90 Å². The molecule has 0 radical (unpaired) electrons. The van der Waals surface area contributed by atoms with E-state index in [2.05, 4.69) is 9.97 Å². The number of hydrogen-bond acceptors (Lipinski definition) is 4. The second-order valence-electron chi connectivity index (χ2n) is 5.60. The number of hydrogen-bond donors (Lipinski definition) is 0. The summed E-state index contributed by atoms with van der Waals surface area (Å²) in [6, 6.07) is 15.8. The molecule has 4 nitrogen and oxygen atoms in total. The third kappa shape index (κ3) is 3.68. The molecule has 3 rings (SSSR count). The number of aryl methyl sites for hydroxylation is 1. The van der Waals surface area contributed by atoms with E-state index in [0.717, 1.165) is 28.4 Å². The summed E-state index contributed by atoms with van der Waals surface area (Å²) in [7, 11) is 1.83. The number of nitrogens with zero attached hydrogens (tertiary/aromatic N) is 3. The third-order valence-corrected chi connectivity index (χ3v) is 4.98. The largest absolute Gasteiger partial charge is 0.341 e. The van der Waals surface area contributed by atoms with Crippen molar-refractivity contribution >= 4 is 17.2 Å². The van der Waals surface area contributed by atoms with Gasteiger partial charge in [-0.05, 0) is 19.1 Å². The maximum atomic E-state index is 12.7. The first-order valence-electron chi connectivity index (χ1n) is 7.83. The van der Waals surface area contributed by atoms with Gasteiger partial charge in [0.05, 0.1) is 5.69 Å². The molecule has 0 aliphatic rings. The Hall–Kier alpha value is -2.53. The van der Waals surface area contributed by atoms with Crippen molar-refractivity contribution < 1.29 is 4.79 Å². The lowest BCUT2D eigenvalue weighted by atomic mass is 10.2. The quantitative estimate of drug-likeness (QED) is 0.711. The van der Waals surface area contributed by atoms with Gasteiger partial charge in [-0.2, -0.15) is 0 Å². The highest BCUT2D eigenvalue weighted by molar-refractivity contribution is 7.17. The molecule has 0 fully saturated rings. The molecule has 0 N–H and O–H groups in total. The standard InChI is InChI=1S/C19H19N3OS/c1-14-17(24-18(21-14)15-8-4-3-5-9-15)19(23)22(2)13-11-16-10-6-7-12-20-16/h3-10,12H,11,13H2,1-2H3. The minimum atomic E-state index is 0.0168. The van der Waals surface area contributed by atoms with Crippen LogP contribution in [0.4, 0.5) is 0 Å². The first kappa shape index (κ1) is 16.3. The normalized spacial score (nSPS) is 10.6. The van der Waals surface area contributed by atoms with E-state index < -0.39 is 0 Å². The molecule has 122 valence electrons. The van der Waals surface area contributed by atoms with E-state index in [1.807, 2.05) is 62.5 Å². The molecule has 0 aliphatic heterocycles. The molecule has 3 aromatic rings. The average molecular weight is 337 g/mol. The highest BCUT2D eigenvalue weighted by Gasteiger charge is 2.19. The SMILES string of the molecule is Cc1nc(-c2ccccc2)sc1C(=O)N(C)CCc1ccccn1. The molecule has 0 aliphatic carbocycles. The Bertz CT molecular complexity index is 815. The topological polar surface area (TPSA) is 46.1 Å². The molecule has 2 aromatic heterocycles. The Labute approximate surface area is 145 Å². The van der Waals surface area contributed by atoms with Gasteiger partial charge in [0.25, 0.3) is 5.91 Å². The lowest BCUT2D eigenvalue weighted by Gasteiger charge is -2.16. The van der Waals surface area contributed by atoms with Gasteiger partial charge in [0.15, 0.2) is 0 Å². The number of benzene rings is 1. The predicted molar refractivity (Wildman–Crippen MR) is 97.2 cm³/mol. The molecule has 0 unspecified atom stereocenters. The molecular weight excluding hydrogens is 318 g/mol. The van der Waals surface area contributed by atoms with Crippen molar-refractivity contribution in [1.82, 2.24) is 14.9 Å². The summed E-state index contributed by atoms with van der Waals surface area (Å²) in [6.07, 6.45) is 2.52. The molecule has 2 heterocycles. The maximum Gasteiger partial charge on any atom is 0.265 e. The molecule has 0 saturated heterocycles. The monoisotopic (exact) mass is 337 g/mol. The van der Waals surface area contributed by atoms with Crippen LogP contribution in [0.2, 0.25) is 0 Å². The van der Waals surface area contributed by atoms with Crippen molar-refractivity contribution in [3.05, 3.63) is 71.0 Å². The van der Waals surface area contributed by atoms with Gasteiger partial charge >= 0.3 is 0 Å². The van der Waals surface area contributed by atoms with E-state index in [1.165, 1.54) is 11.3 Å². The van der Waals surface area contributed by atoms with Crippen molar-refractivity contribution in [2.75, 3.05) is 13.6 Å². The molecule has 0 atom stereocenters. The molecule has 1 aromatic carbocycles. The molecule has 0 bridgehead atoms. The van der Waals surface area contributed by atoms with Crippen molar-refractivity contribution in [2.24, 2.45) is 0 Å². The second kappa shape index (κ2) is 7.36. The Morgan fingerprint density at radius 2 is 1.88 bits per heavy atom. The van der Waals surface area contributed by atoms with Crippen molar-refractivity contribution in [3.8, 4) is 10.6 Å². The zero-order valence-electron chi connectivity index (χ0n) is 13.8. The first-order chi connectivity index (χ1) is 11.6. The van der Waals surface area contributed by atoms with Crippen molar-refractivity contribution in [3.63, 3.8) is 0 Å². The first-order valence-corrected chi connectivity index (χ1v) is 8.65. The van der Waals surface area contributed by atoms with Crippen LogP contribution >= 0.6 is 11.3 Å². The van der Waals surface area contributed by atoms with E-state index in [9.17, 15) is 4.79 Å². The molecule has 0 spiro atoms. The summed E-state index contributed by atoms with van der Waals surface area (Å²) >= 11 is 1.45. The third-order valence-electron chi connectivity index (χ3n) is 3.79. The number of thiazole rings is 1. The number of pyridine rings is 1. The van der Waals surface area contributed by atoms with Gasteiger partial charge in [-0.3, -0.25) is 9.78 Å². The summed E-state index contributed by atoms with van der Waals surface area (Å²) in [5.74, 6) is 0.0168. The van der Waals surface area contributed by atoms with Crippen LogP contribution in [0.1, 0.15) is 21.1 Å². The fourth-order valence-corrected chi connectivity index (χ4v) is 3.47. The van der Waals surface area contributed by atoms with E-state index in [1.54, 1.807) is 11.1 Å². The Kier molecular flexibility index (Phi) is 5.01. The van der Waals surface area contributed by atoms with Crippen molar-refractivity contribution in [2.45, 2.75) is 13.3 Å². The van der Waals surface area contributed by atoms with Gasteiger partial charge in [0.1, 0.15) is 9.88 Å². The van der Waals surface area contributed by atoms with E-state index in [-0.39, 0.29) is 5.91 Å². The van der Waals surface area contributed by atoms with Gasteiger partial charge in [-0.1, -0.05) is 36.4 Å². The Balaban J connectivity index is 1.71. The molecule has 1 amide bonds. The summed E-state index contributed by atoms with van der Waals surface area (Å²) in [5, 5.41) is 0.884. The van der Waals surface area contributed by atoms with Gasteiger partial charge in [0.2, 0.25) is 0 Å². The highest BCUT2D eigenvalue weighted by Crippen LogP contribution is 2.28. The molecule has 0 saturated carbocycles. The Morgan fingerprint density at radius 3 is 2.58 bits per heavy atom. The number of amides is 1. The second-order valence-corrected chi connectivity index (χ2v) is 6.60. The number of rotatable bonds is 5. The van der Waals surface area contributed by atoms with Crippen LogP contribution < -0.4 is 0 Å². The Morgan fingerprint density at radius 1 is 1.12 bits per heavy atom. The zero-order valence-corrected chi connectivity index (χ0v) is 14.6. The molecule has 5 heteroatoms. The summed E-state index contributed by atoms with van der Waals surface area (Å²) < 4.78 is 0. The summed E-state index contributed by atoms with van der Waals surface area (Å²) in [6.45, 7) is 2.52. The van der Waals surface area contributed by atoms with Gasteiger partial charge in [-0.25, -0.2) is 4.98 Å². The van der Waals surface area contributed by atoms with Gasteiger partial charge in [0, 0.05) is 37.5 Å². The number of likely N-dealkylation sites (N-methyl/N-ethyl adjacent to an activating group) is 1. The van der Waals surface area contributed by atoms with Crippen LogP contribution in [0.25, 0.3) is 10.6 Å². The van der Waals surface area contributed by atoms with E-state index >= 15 is 0 Å². The van der Waals surface area contributed by atoms with Crippen LogP contribution in [0.5, 0.6) is 0 Å². The number of aromatic nitrogens is 2. The summed E-state index contributed by atoms with van der Waals surface area (Å²) in [4.78, 5) is 24.0. The van der Waals surface area contributed by atoms with Crippen LogP contribution in [0, 0.1) is 6.92 Å². The van der Waals surface area contributed by atoms with Gasteiger partial charge in [-0.15, -0.1) is 11.3 Å². The van der Waals surface area contributed by atoms with Crippen LogP contribution in [-0.4, -0.2) is 34.4 Å². The minimum absolute atomic E-state index is 0.0168. The van der Waals surface area contributed by atoms with Crippen molar-refractivity contribution in [1.29, 1.82) is 0 Å². The fraction of sp³-hybridized carbons (Fsp3) is 0.211. The lowest BCUT2D eigenvalue weighted by Crippen LogP contribution is -2.28. The number of carbonyl (C=O) groups is 1. The lowest BCUT2D eigenvalue weighted by molar-refractivity contribution is 0.0800. The van der Waals surface area contributed by atoms with Crippen LogP contribution in [0.15, 0.2) is 54.7 Å². The van der Waals surface area contributed by atoms with Crippen LogP contribution in [0.3, 0.4) is 0 Å². The number of carbonyl (C=O) groups excluding carboxylic acids is 1. The average Bonchev–Trinajstić information content (AvgIpc) is 3.02. The van der Waals surface area contributed by atoms with Crippen LogP contribution in [-0.2, 0) is 6.42 Å². The fourth-order valence-electron chi connectivity index (χ4n) is 2.40. The molecular formula is C19H19N3OS. The maximum absolute atomic E-state index is 12.7. The summed E-state index contributed by atoms with van der Waals surface area (Å²) in [5.41, 5.74) is 2.82. The smallest absolute Gasteiger partial charge is 0.265 e. The van der Waals surface area contributed by atoms with E-state index in [4.69, 9.17) is 0 Å². The predicted octanol–water partition coefficient (Wildman–Crippen LogP) is 3.83. The highest BCUT2D eigenvalue weighted by atomic mass is 32.1. The molecule has 24 heavy (non-hydrogen) atoms.